The quantitative estimate of drug-likeness (QED) is 0.571. The minimum atomic E-state index is -0.932. The van der Waals surface area contributed by atoms with Crippen LogP contribution in [0.5, 0.6) is 0 Å². The van der Waals surface area contributed by atoms with E-state index >= 15 is 0 Å². The van der Waals surface area contributed by atoms with E-state index in [0.29, 0.717) is 17.6 Å². The van der Waals surface area contributed by atoms with Crippen molar-refractivity contribution in [3.63, 3.8) is 0 Å². The minimum absolute atomic E-state index is 0.464. The van der Waals surface area contributed by atoms with E-state index in [-0.39, 0.29) is 0 Å². The van der Waals surface area contributed by atoms with Crippen molar-refractivity contribution in [3.8, 4) is 0 Å². The van der Waals surface area contributed by atoms with Crippen LogP contribution in [-0.4, -0.2) is 12.8 Å². The Bertz CT molecular complexity index is 178. The molecule has 0 saturated carbocycles. The van der Waals surface area contributed by atoms with Gasteiger partial charge in [0, 0.05) is 0 Å². The Kier molecular flexibility index (Phi) is 5.60. The maximum absolute atomic E-state index is 12.7. The summed E-state index contributed by atoms with van der Waals surface area (Å²) in [6.07, 6.45) is 3.04. The fourth-order valence-corrected chi connectivity index (χ4v) is 0.826. The number of alkyl halides is 2. The summed E-state index contributed by atoms with van der Waals surface area (Å²) in [7, 11) is 0. The topological polar surface area (TPSA) is 0 Å². The van der Waals surface area contributed by atoms with Gasteiger partial charge in [-0.05, 0) is 31.4 Å². The second kappa shape index (κ2) is 5.92. The van der Waals surface area contributed by atoms with E-state index in [9.17, 15) is 8.78 Å². The molecule has 0 rings (SSSR count). The van der Waals surface area contributed by atoms with E-state index in [0.717, 1.165) is 0 Å². The van der Waals surface area contributed by atoms with Crippen molar-refractivity contribution in [3.05, 3.63) is 23.3 Å². The summed E-state index contributed by atoms with van der Waals surface area (Å²) in [5.41, 5.74) is 1.34. The van der Waals surface area contributed by atoms with Crippen molar-refractivity contribution in [1.82, 2.24) is 0 Å². The molecule has 0 fully saturated rings. The van der Waals surface area contributed by atoms with Gasteiger partial charge in [-0.25, -0.2) is 8.78 Å². The first-order valence-electron chi connectivity index (χ1n) is 4.18. The molecule has 0 aliphatic heterocycles. The lowest BCUT2D eigenvalue weighted by Crippen LogP contribution is -1.96. The average molecular weight is 174 g/mol. The summed E-state index contributed by atoms with van der Waals surface area (Å²) in [4.78, 5) is 0. The first-order chi connectivity index (χ1) is 5.61. The van der Waals surface area contributed by atoms with E-state index in [1.54, 1.807) is 19.1 Å². The lowest BCUT2D eigenvalue weighted by Gasteiger charge is -2.03. The molecule has 0 aromatic heterocycles. The molecule has 1 unspecified atom stereocenters. The lowest BCUT2D eigenvalue weighted by molar-refractivity contribution is 0.404. The van der Waals surface area contributed by atoms with Gasteiger partial charge in [-0.3, -0.25) is 0 Å². The van der Waals surface area contributed by atoms with Crippen molar-refractivity contribution in [2.24, 2.45) is 0 Å². The molecule has 0 aliphatic carbocycles. The highest BCUT2D eigenvalue weighted by Crippen LogP contribution is 2.11. The zero-order valence-electron chi connectivity index (χ0n) is 7.90. The van der Waals surface area contributed by atoms with Crippen LogP contribution in [0.1, 0.15) is 27.2 Å². The van der Waals surface area contributed by atoms with E-state index in [1.807, 2.05) is 6.92 Å². The molecule has 0 N–H and O–H groups in total. The SMILES string of the molecule is CC/C(=C/C=C(/C)CF)C(C)F. The van der Waals surface area contributed by atoms with Gasteiger partial charge in [0.1, 0.15) is 12.8 Å². The third kappa shape index (κ3) is 4.27. The van der Waals surface area contributed by atoms with Gasteiger partial charge in [0.25, 0.3) is 0 Å². The number of rotatable bonds is 4. The fourth-order valence-electron chi connectivity index (χ4n) is 0.826. The highest BCUT2D eigenvalue weighted by Gasteiger charge is 2.01. The van der Waals surface area contributed by atoms with Crippen LogP contribution in [0, 0.1) is 0 Å². The largest absolute Gasteiger partial charge is 0.246 e. The molecule has 0 radical (unpaired) electrons. The number of allylic oxidation sites excluding steroid dienone is 4. The molecule has 0 aromatic rings. The molecular formula is C10H16F2. The first-order valence-corrected chi connectivity index (χ1v) is 4.18. The Morgan fingerprint density at radius 2 is 2.00 bits per heavy atom. The zero-order chi connectivity index (χ0) is 9.56. The van der Waals surface area contributed by atoms with Gasteiger partial charge in [0.2, 0.25) is 0 Å². The summed E-state index contributed by atoms with van der Waals surface area (Å²) >= 11 is 0. The smallest absolute Gasteiger partial charge is 0.119 e. The molecule has 70 valence electrons. The van der Waals surface area contributed by atoms with Gasteiger partial charge in [-0.2, -0.15) is 0 Å². The third-order valence-electron chi connectivity index (χ3n) is 1.71. The first kappa shape index (κ1) is 11.3. The van der Waals surface area contributed by atoms with E-state index in [2.05, 4.69) is 0 Å². The summed E-state index contributed by atoms with van der Waals surface area (Å²) in [5.74, 6) is 0. The molecule has 0 aromatic carbocycles. The number of hydrogen-bond donors (Lipinski definition) is 0. The molecule has 0 aliphatic rings. The van der Waals surface area contributed by atoms with Gasteiger partial charge < -0.3 is 0 Å². The summed E-state index contributed by atoms with van der Waals surface area (Å²) < 4.78 is 24.7. The molecule has 0 amide bonds. The van der Waals surface area contributed by atoms with Crippen LogP contribution in [0.3, 0.4) is 0 Å². The monoisotopic (exact) mass is 174 g/mol. The molecule has 0 nitrogen and oxygen atoms in total. The summed E-state index contributed by atoms with van der Waals surface area (Å²) in [6.45, 7) is 4.61. The second-order valence-electron chi connectivity index (χ2n) is 2.86. The minimum Gasteiger partial charge on any atom is -0.246 e. The van der Waals surface area contributed by atoms with Crippen LogP contribution in [0.4, 0.5) is 8.78 Å². The van der Waals surface area contributed by atoms with Crippen LogP contribution >= 0.6 is 0 Å². The highest BCUT2D eigenvalue weighted by molar-refractivity contribution is 5.18. The molecular weight excluding hydrogens is 158 g/mol. The van der Waals surface area contributed by atoms with Crippen LogP contribution in [-0.2, 0) is 0 Å². The second-order valence-corrected chi connectivity index (χ2v) is 2.86. The standard InChI is InChI=1S/C10H16F2/c1-4-10(9(3)12)6-5-8(2)7-11/h5-6,9H,4,7H2,1-3H3/b8-5-,10-6-. The van der Waals surface area contributed by atoms with Gasteiger partial charge in [0.05, 0.1) is 0 Å². The lowest BCUT2D eigenvalue weighted by atomic mass is 10.1. The Morgan fingerprint density at radius 1 is 1.42 bits per heavy atom. The predicted octanol–water partition coefficient (Wildman–Crippen LogP) is 3.60. The Morgan fingerprint density at radius 3 is 2.33 bits per heavy atom. The number of halogens is 2. The van der Waals surface area contributed by atoms with Gasteiger partial charge >= 0.3 is 0 Å². The van der Waals surface area contributed by atoms with Crippen molar-refractivity contribution in [2.75, 3.05) is 6.67 Å². The Balaban J connectivity index is 4.30. The molecule has 0 bridgehead atoms. The van der Waals surface area contributed by atoms with E-state index < -0.39 is 12.8 Å². The molecule has 1 atom stereocenters. The van der Waals surface area contributed by atoms with E-state index in [1.165, 1.54) is 6.92 Å². The van der Waals surface area contributed by atoms with Crippen molar-refractivity contribution in [2.45, 2.75) is 33.4 Å². The van der Waals surface area contributed by atoms with Crippen molar-refractivity contribution >= 4 is 0 Å². The summed E-state index contributed by atoms with van der Waals surface area (Å²) in [6, 6.07) is 0. The van der Waals surface area contributed by atoms with Crippen LogP contribution in [0.15, 0.2) is 23.3 Å². The third-order valence-corrected chi connectivity index (χ3v) is 1.71. The average Bonchev–Trinajstić information content (AvgIpc) is 2.04. The summed E-state index contributed by atoms with van der Waals surface area (Å²) in [5, 5.41) is 0. The van der Waals surface area contributed by atoms with Gasteiger partial charge in [-0.15, -0.1) is 0 Å². The maximum Gasteiger partial charge on any atom is 0.119 e. The zero-order valence-corrected chi connectivity index (χ0v) is 7.90. The van der Waals surface area contributed by atoms with Crippen molar-refractivity contribution in [1.29, 1.82) is 0 Å². The molecule has 2 heteroatoms. The van der Waals surface area contributed by atoms with Gasteiger partial charge in [0.15, 0.2) is 0 Å². The molecule has 0 saturated heterocycles. The van der Waals surface area contributed by atoms with Crippen LogP contribution < -0.4 is 0 Å². The maximum atomic E-state index is 12.7. The highest BCUT2D eigenvalue weighted by atomic mass is 19.1. The number of hydrogen-bond acceptors (Lipinski definition) is 0. The molecule has 12 heavy (non-hydrogen) atoms. The van der Waals surface area contributed by atoms with Crippen molar-refractivity contribution < 1.29 is 8.78 Å². The predicted molar refractivity (Wildman–Crippen MR) is 48.7 cm³/mol. The van der Waals surface area contributed by atoms with E-state index in [4.69, 9.17) is 0 Å². The van der Waals surface area contributed by atoms with Crippen LogP contribution in [0.25, 0.3) is 0 Å². The molecule has 0 spiro atoms. The Hall–Kier alpha value is -0.660. The van der Waals surface area contributed by atoms with Gasteiger partial charge in [-0.1, -0.05) is 19.1 Å². The fraction of sp³-hybridized carbons (Fsp3) is 0.600. The van der Waals surface area contributed by atoms with Crippen LogP contribution in [0.2, 0.25) is 0 Å². The normalized spacial score (nSPS) is 16.4. The Labute approximate surface area is 73.0 Å². The molecule has 0 heterocycles.